The van der Waals surface area contributed by atoms with E-state index in [1.807, 2.05) is 72.5 Å². The van der Waals surface area contributed by atoms with Crippen LogP contribution in [0.5, 0.6) is 0 Å². The molecule has 1 heterocycles. The van der Waals surface area contributed by atoms with Crippen LogP contribution in [0, 0.1) is 6.92 Å². The van der Waals surface area contributed by atoms with Gasteiger partial charge in [-0.05, 0) is 48.2 Å². The molecule has 3 heteroatoms. The third-order valence-corrected chi connectivity index (χ3v) is 6.06. The van der Waals surface area contributed by atoms with E-state index in [4.69, 9.17) is 0 Å². The zero-order valence-corrected chi connectivity index (χ0v) is 15.8. The van der Waals surface area contributed by atoms with E-state index < -0.39 is 0 Å². The van der Waals surface area contributed by atoms with Crippen molar-refractivity contribution in [2.75, 3.05) is 4.90 Å². The normalized spacial score (nSPS) is 20.2. The number of amides is 1. The number of aryl methyl sites for hydroxylation is 1. The molecule has 0 radical (unpaired) electrons. The van der Waals surface area contributed by atoms with Crippen molar-refractivity contribution in [3.05, 3.63) is 101 Å². The minimum absolute atomic E-state index is 0.0117. The molecule has 1 aliphatic heterocycles. The maximum absolute atomic E-state index is 13.6. The highest BCUT2D eigenvalue weighted by atomic mass is 16.2. The highest BCUT2D eigenvalue weighted by Crippen LogP contribution is 2.55. The highest BCUT2D eigenvalue weighted by molar-refractivity contribution is 6.11. The third-order valence-electron chi connectivity index (χ3n) is 6.06. The number of Topliss-reactive ketones (excluding diaryl/α,β-unsaturated/α-hetero) is 1. The molecule has 2 aliphatic rings. The van der Waals surface area contributed by atoms with E-state index in [1.54, 1.807) is 0 Å². The van der Waals surface area contributed by atoms with E-state index in [0.29, 0.717) is 12.0 Å². The van der Waals surface area contributed by atoms with Crippen LogP contribution in [-0.4, -0.2) is 11.7 Å². The van der Waals surface area contributed by atoms with Crippen molar-refractivity contribution in [2.24, 2.45) is 0 Å². The molecule has 0 saturated heterocycles. The summed E-state index contributed by atoms with van der Waals surface area (Å²) in [5.74, 6) is 0.339. The summed E-state index contributed by atoms with van der Waals surface area (Å²) in [6.45, 7) is 2.00. The van der Waals surface area contributed by atoms with Gasteiger partial charge in [0.15, 0.2) is 5.78 Å². The average molecular weight is 367 g/mol. The predicted octanol–water partition coefficient (Wildman–Crippen LogP) is 5.46. The van der Waals surface area contributed by atoms with Crippen molar-refractivity contribution in [1.82, 2.24) is 0 Å². The van der Waals surface area contributed by atoms with Gasteiger partial charge in [0, 0.05) is 29.2 Å². The monoisotopic (exact) mass is 367 g/mol. The highest BCUT2D eigenvalue weighted by Gasteiger charge is 2.46. The van der Waals surface area contributed by atoms with Gasteiger partial charge < -0.3 is 0 Å². The molecule has 0 fully saturated rings. The minimum atomic E-state index is -0.0856. The lowest BCUT2D eigenvalue weighted by molar-refractivity contribution is 0.0964. The van der Waals surface area contributed by atoms with Crippen LogP contribution in [0.15, 0.2) is 72.8 Å². The summed E-state index contributed by atoms with van der Waals surface area (Å²) in [6, 6.07) is 23.5. The lowest BCUT2D eigenvalue weighted by Gasteiger charge is -2.30. The summed E-state index contributed by atoms with van der Waals surface area (Å²) < 4.78 is 0. The van der Waals surface area contributed by atoms with Gasteiger partial charge in [0.25, 0.3) is 5.91 Å². The molecule has 2 atom stereocenters. The molecule has 0 bridgehead atoms. The molecule has 0 saturated carbocycles. The summed E-state index contributed by atoms with van der Waals surface area (Å²) in [5.41, 5.74) is 5.58. The number of carbonyl (C=O) groups excluding carboxylic acids is 2. The Hall–Kier alpha value is -3.20. The van der Waals surface area contributed by atoms with Crippen LogP contribution in [0.4, 0.5) is 5.69 Å². The maximum Gasteiger partial charge on any atom is 0.258 e. The van der Waals surface area contributed by atoms with E-state index in [1.165, 1.54) is 0 Å². The Labute approximate surface area is 164 Å². The average Bonchev–Trinajstić information content (AvgIpc) is 3.07. The molecule has 138 valence electrons. The maximum atomic E-state index is 13.6. The third kappa shape index (κ3) is 2.43. The molecule has 0 N–H and O–H groups in total. The Kier molecular flexibility index (Phi) is 3.90. The van der Waals surface area contributed by atoms with E-state index >= 15 is 0 Å². The molecule has 0 aromatic heterocycles. The molecule has 3 aromatic rings. The molecule has 3 nitrogen and oxygen atoms in total. The number of nitrogens with zero attached hydrogens (tertiary/aromatic N) is 1. The second-order valence-corrected chi connectivity index (χ2v) is 7.66. The fraction of sp³-hybridized carbons (Fsp3) is 0.200. The molecule has 3 aromatic carbocycles. The van der Waals surface area contributed by atoms with E-state index in [9.17, 15) is 9.59 Å². The molecule has 1 aliphatic carbocycles. The van der Waals surface area contributed by atoms with E-state index in [2.05, 4.69) is 12.1 Å². The zero-order valence-electron chi connectivity index (χ0n) is 15.8. The van der Waals surface area contributed by atoms with Crippen LogP contribution < -0.4 is 4.90 Å². The number of anilines is 1. The van der Waals surface area contributed by atoms with Crippen molar-refractivity contribution >= 4 is 17.4 Å². The van der Waals surface area contributed by atoms with Gasteiger partial charge >= 0.3 is 0 Å². The summed E-state index contributed by atoms with van der Waals surface area (Å²) in [4.78, 5) is 28.2. The fourth-order valence-electron chi connectivity index (χ4n) is 4.86. The van der Waals surface area contributed by atoms with Crippen LogP contribution in [-0.2, 0) is 0 Å². The molecular weight excluding hydrogens is 346 g/mol. The van der Waals surface area contributed by atoms with Gasteiger partial charge in [-0.3, -0.25) is 14.5 Å². The summed E-state index contributed by atoms with van der Waals surface area (Å²) in [6.07, 6.45) is 1.32. The van der Waals surface area contributed by atoms with Gasteiger partial charge in [0.05, 0.1) is 6.04 Å². The Morgan fingerprint density at radius 2 is 1.61 bits per heavy atom. The number of rotatable bonds is 2. The van der Waals surface area contributed by atoms with Gasteiger partial charge in [-0.15, -0.1) is 0 Å². The molecule has 2 unspecified atom stereocenters. The molecule has 28 heavy (non-hydrogen) atoms. The van der Waals surface area contributed by atoms with Crippen molar-refractivity contribution in [1.29, 1.82) is 0 Å². The lowest BCUT2D eigenvalue weighted by atomic mass is 9.77. The largest absolute Gasteiger partial charge is 0.300 e. The fourth-order valence-corrected chi connectivity index (χ4v) is 4.86. The SMILES string of the molecule is Cc1ccc2c3c1C(=O)CCC3C(c1ccccc1)N2C(=O)c1ccccc1. The Morgan fingerprint density at radius 1 is 0.929 bits per heavy atom. The van der Waals surface area contributed by atoms with Gasteiger partial charge in [0.1, 0.15) is 0 Å². The van der Waals surface area contributed by atoms with E-state index in [0.717, 1.165) is 34.4 Å². The van der Waals surface area contributed by atoms with Crippen LogP contribution in [0.25, 0.3) is 0 Å². The van der Waals surface area contributed by atoms with Crippen LogP contribution in [0.1, 0.15) is 62.2 Å². The smallest absolute Gasteiger partial charge is 0.258 e. The number of benzene rings is 3. The summed E-state index contributed by atoms with van der Waals surface area (Å²) >= 11 is 0. The molecule has 5 rings (SSSR count). The quantitative estimate of drug-likeness (QED) is 0.603. The lowest BCUT2D eigenvalue weighted by Crippen LogP contribution is -2.33. The first-order valence-corrected chi connectivity index (χ1v) is 9.77. The zero-order chi connectivity index (χ0) is 19.3. The first-order valence-electron chi connectivity index (χ1n) is 9.77. The predicted molar refractivity (Wildman–Crippen MR) is 110 cm³/mol. The topological polar surface area (TPSA) is 37.4 Å². The van der Waals surface area contributed by atoms with Crippen molar-refractivity contribution in [3.63, 3.8) is 0 Å². The number of hydrogen-bond acceptors (Lipinski definition) is 2. The summed E-state index contributed by atoms with van der Waals surface area (Å²) in [7, 11) is 0. The van der Waals surface area contributed by atoms with Crippen molar-refractivity contribution in [2.45, 2.75) is 31.7 Å². The minimum Gasteiger partial charge on any atom is -0.300 e. The number of ketones is 1. The second kappa shape index (κ2) is 6.45. The first-order chi connectivity index (χ1) is 13.7. The Bertz CT molecular complexity index is 1070. The first kappa shape index (κ1) is 16.9. The van der Waals surface area contributed by atoms with Crippen LogP contribution >= 0.6 is 0 Å². The van der Waals surface area contributed by atoms with Crippen molar-refractivity contribution < 1.29 is 9.59 Å². The summed E-state index contributed by atoms with van der Waals surface area (Å²) in [5, 5.41) is 0. The van der Waals surface area contributed by atoms with Crippen molar-refractivity contribution in [3.8, 4) is 0 Å². The van der Waals surface area contributed by atoms with Crippen LogP contribution in [0.2, 0.25) is 0 Å². The van der Waals surface area contributed by atoms with E-state index in [-0.39, 0.29) is 23.7 Å². The second-order valence-electron chi connectivity index (χ2n) is 7.66. The Balaban J connectivity index is 1.74. The molecular formula is C25H21NO2. The van der Waals surface area contributed by atoms with Gasteiger partial charge in [0.2, 0.25) is 0 Å². The number of carbonyl (C=O) groups is 2. The standard InChI is InChI=1S/C25H21NO2/c1-16-12-14-20-23-19(13-15-21(27)22(16)23)24(17-8-4-2-5-9-17)26(20)25(28)18-10-6-3-7-11-18/h2-12,14,19,24H,13,15H2,1H3. The van der Waals surface area contributed by atoms with Gasteiger partial charge in [-0.2, -0.15) is 0 Å². The Morgan fingerprint density at radius 3 is 2.32 bits per heavy atom. The van der Waals surface area contributed by atoms with Crippen LogP contribution in [0.3, 0.4) is 0 Å². The van der Waals surface area contributed by atoms with Gasteiger partial charge in [-0.25, -0.2) is 0 Å². The number of hydrogen-bond donors (Lipinski definition) is 0. The molecule has 1 amide bonds. The van der Waals surface area contributed by atoms with Gasteiger partial charge in [-0.1, -0.05) is 54.6 Å². The molecule has 0 spiro atoms.